The Labute approximate surface area is 95.9 Å². The minimum absolute atomic E-state index is 0.0459. The van der Waals surface area contributed by atoms with E-state index in [-0.39, 0.29) is 25.4 Å². The SMILES string of the molecule is CC(C)(C)N1CCN(C(=O)O)CCS1(=O)=O. The molecule has 0 radical (unpaired) electrons. The predicted octanol–water partition coefficient (Wildman–Crippen LogP) is 0.410. The van der Waals surface area contributed by atoms with Crippen LogP contribution in [0.15, 0.2) is 0 Å². The Morgan fingerprint density at radius 3 is 2.19 bits per heavy atom. The molecule has 1 heterocycles. The second kappa shape index (κ2) is 4.21. The molecule has 1 saturated heterocycles. The number of amides is 1. The summed E-state index contributed by atoms with van der Waals surface area (Å²) in [7, 11) is -3.36. The van der Waals surface area contributed by atoms with E-state index in [1.54, 1.807) is 20.8 Å². The molecule has 1 aliphatic heterocycles. The van der Waals surface area contributed by atoms with E-state index in [0.29, 0.717) is 0 Å². The molecule has 1 amide bonds. The molecule has 1 aliphatic rings. The average molecular weight is 250 g/mol. The summed E-state index contributed by atoms with van der Waals surface area (Å²) in [5, 5.41) is 8.84. The van der Waals surface area contributed by atoms with Crippen molar-refractivity contribution in [1.29, 1.82) is 0 Å². The summed E-state index contributed by atoms with van der Waals surface area (Å²) in [6, 6.07) is 0. The van der Waals surface area contributed by atoms with Gasteiger partial charge in [-0.05, 0) is 20.8 Å². The third-order valence-electron chi connectivity index (χ3n) is 2.55. The highest BCUT2D eigenvalue weighted by molar-refractivity contribution is 7.89. The number of nitrogens with zero attached hydrogens (tertiary/aromatic N) is 2. The lowest BCUT2D eigenvalue weighted by atomic mass is 10.1. The van der Waals surface area contributed by atoms with Crippen molar-refractivity contribution in [1.82, 2.24) is 9.21 Å². The normalized spacial score (nSPS) is 22.8. The van der Waals surface area contributed by atoms with E-state index in [1.807, 2.05) is 0 Å². The summed E-state index contributed by atoms with van der Waals surface area (Å²) in [6.45, 7) is 5.91. The van der Waals surface area contributed by atoms with Gasteiger partial charge in [-0.2, -0.15) is 4.31 Å². The molecule has 1 fully saturated rings. The molecule has 0 aromatic carbocycles. The van der Waals surface area contributed by atoms with E-state index in [0.717, 1.165) is 4.90 Å². The first kappa shape index (κ1) is 13.2. The predicted molar refractivity (Wildman–Crippen MR) is 59.8 cm³/mol. The maximum absolute atomic E-state index is 11.9. The van der Waals surface area contributed by atoms with Crippen LogP contribution in [0.2, 0.25) is 0 Å². The smallest absolute Gasteiger partial charge is 0.407 e. The van der Waals surface area contributed by atoms with Crippen LogP contribution in [0.3, 0.4) is 0 Å². The highest BCUT2D eigenvalue weighted by atomic mass is 32.2. The molecule has 7 heteroatoms. The zero-order valence-electron chi connectivity index (χ0n) is 9.80. The molecule has 0 unspecified atom stereocenters. The largest absolute Gasteiger partial charge is 0.465 e. The zero-order valence-corrected chi connectivity index (χ0v) is 10.6. The molecular formula is C9H18N2O4S. The van der Waals surface area contributed by atoms with Crippen molar-refractivity contribution in [2.75, 3.05) is 25.4 Å². The summed E-state index contributed by atoms with van der Waals surface area (Å²) in [5.41, 5.74) is -0.507. The maximum Gasteiger partial charge on any atom is 0.407 e. The quantitative estimate of drug-likeness (QED) is 0.675. The van der Waals surface area contributed by atoms with Crippen LogP contribution in [-0.4, -0.2) is 59.7 Å². The fourth-order valence-corrected chi connectivity index (χ4v) is 3.61. The Balaban J connectivity index is 2.93. The molecule has 0 aromatic rings. The number of hydrogen-bond acceptors (Lipinski definition) is 3. The highest BCUT2D eigenvalue weighted by Crippen LogP contribution is 2.20. The lowest BCUT2D eigenvalue weighted by Crippen LogP contribution is -2.47. The fraction of sp³-hybridized carbons (Fsp3) is 0.889. The van der Waals surface area contributed by atoms with Gasteiger partial charge in [0, 0.05) is 25.2 Å². The monoisotopic (exact) mass is 250 g/mol. The van der Waals surface area contributed by atoms with Gasteiger partial charge in [-0.15, -0.1) is 0 Å². The number of hydrogen-bond donors (Lipinski definition) is 1. The van der Waals surface area contributed by atoms with Crippen molar-refractivity contribution in [3.63, 3.8) is 0 Å². The van der Waals surface area contributed by atoms with Crippen LogP contribution < -0.4 is 0 Å². The molecule has 94 valence electrons. The van der Waals surface area contributed by atoms with E-state index >= 15 is 0 Å². The number of carbonyl (C=O) groups is 1. The average Bonchev–Trinajstić information content (AvgIpc) is 2.21. The van der Waals surface area contributed by atoms with Crippen LogP contribution in [0.5, 0.6) is 0 Å². The van der Waals surface area contributed by atoms with Gasteiger partial charge in [0.05, 0.1) is 5.75 Å². The van der Waals surface area contributed by atoms with Crippen LogP contribution in [0.25, 0.3) is 0 Å². The number of rotatable bonds is 0. The lowest BCUT2D eigenvalue weighted by Gasteiger charge is -2.33. The van der Waals surface area contributed by atoms with Gasteiger partial charge in [-0.1, -0.05) is 0 Å². The molecule has 0 aromatic heterocycles. The summed E-state index contributed by atoms with van der Waals surface area (Å²) < 4.78 is 25.2. The number of carboxylic acid groups (broad SMARTS) is 1. The first-order chi connectivity index (χ1) is 7.14. The molecule has 0 aliphatic carbocycles. The van der Waals surface area contributed by atoms with Gasteiger partial charge >= 0.3 is 6.09 Å². The van der Waals surface area contributed by atoms with E-state index < -0.39 is 21.7 Å². The summed E-state index contributed by atoms with van der Waals surface area (Å²) >= 11 is 0. The van der Waals surface area contributed by atoms with Crippen molar-refractivity contribution in [3.8, 4) is 0 Å². The molecular weight excluding hydrogens is 232 g/mol. The standard InChI is InChI=1S/C9H18N2O4S/c1-9(2,3)11-5-4-10(8(12)13)6-7-16(11,14)15/h4-7H2,1-3H3,(H,12,13). The van der Waals surface area contributed by atoms with Gasteiger partial charge in [0.2, 0.25) is 10.0 Å². The van der Waals surface area contributed by atoms with Gasteiger partial charge in [-0.25, -0.2) is 13.2 Å². The van der Waals surface area contributed by atoms with E-state index in [4.69, 9.17) is 5.11 Å². The molecule has 1 rings (SSSR count). The molecule has 16 heavy (non-hydrogen) atoms. The second-order valence-electron chi connectivity index (χ2n) is 4.83. The van der Waals surface area contributed by atoms with E-state index in [2.05, 4.69) is 0 Å². The molecule has 0 saturated carbocycles. The lowest BCUT2D eigenvalue weighted by molar-refractivity contribution is 0.143. The Hall–Kier alpha value is -0.820. The Bertz CT molecular complexity index is 371. The topological polar surface area (TPSA) is 77.9 Å². The molecule has 6 nitrogen and oxygen atoms in total. The molecule has 0 spiro atoms. The second-order valence-corrected chi connectivity index (χ2v) is 6.84. The molecule has 0 atom stereocenters. The van der Waals surface area contributed by atoms with Crippen molar-refractivity contribution in [3.05, 3.63) is 0 Å². The van der Waals surface area contributed by atoms with Crippen LogP contribution in [-0.2, 0) is 10.0 Å². The molecule has 1 N–H and O–H groups in total. The van der Waals surface area contributed by atoms with Crippen LogP contribution >= 0.6 is 0 Å². The highest BCUT2D eigenvalue weighted by Gasteiger charge is 2.35. The van der Waals surface area contributed by atoms with Gasteiger partial charge in [0.1, 0.15) is 0 Å². The Morgan fingerprint density at radius 2 is 1.75 bits per heavy atom. The first-order valence-corrected chi connectivity index (χ1v) is 6.74. The summed E-state index contributed by atoms with van der Waals surface area (Å²) in [4.78, 5) is 11.9. The minimum atomic E-state index is -3.36. The van der Waals surface area contributed by atoms with Gasteiger partial charge < -0.3 is 10.0 Å². The van der Waals surface area contributed by atoms with Gasteiger partial charge in [0.25, 0.3) is 0 Å². The van der Waals surface area contributed by atoms with Crippen molar-refractivity contribution < 1.29 is 18.3 Å². The zero-order chi connectivity index (χ0) is 12.6. The van der Waals surface area contributed by atoms with Crippen molar-refractivity contribution in [2.45, 2.75) is 26.3 Å². The van der Waals surface area contributed by atoms with E-state index in [9.17, 15) is 13.2 Å². The van der Waals surface area contributed by atoms with Crippen LogP contribution in [0, 0.1) is 0 Å². The maximum atomic E-state index is 11.9. The molecule has 0 bridgehead atoms. The summed E-state index contributed by atoms with van der Waals surface area (Å²) in [5.74, 6) is -0.142. The van der Waals surface area contributed by atoms with Crippen LogP contribution in [0.1, 0.15) is 20.8 Å². The van der Waals surface area contributed by atoms with Gasteiger partial charge in [-0.3, -0.25) is 0 Å². The van der Waals surface area contributed by atoms with Gasteiger partial charge in [0.15, 0.2) is 0 Å². The third-order valence-corrected chi connectivity index (χ3v) is 4.65. The summed E-state index contributed by atoms with van der Waals surface area (Å²) in [6.07, 6.45) is -1.06. The third kappa shape index (κ3) is 2.85. The minimum Gasteiger partial charge on any atom is -0.465 e. The number of sulfonamides is 1. The first-order valence-electron chi connectivity index (χ1n) is 5.13. The fourth-order valence-electron chi connectivity index (χ4n) is 1.74. The van der Waals surface area contributed by atoms with Crippen molar-refractivity contribution >= 4 is 16.1 Å². The van der Waals surface area contributed by atoms with Crippen molar-refractivity contribution in [2.24, 2.45) is 0 Å². The van der Waals surface area contributed by atoms with E-state index in [1.165, 1.54) is 4.31 Å². The van der Waals surface area contributed by atoms with Crippen LogP contribution in [0.4, 0.5) is 4.79 Å². The Morgan fingerprint density at radius 1 is 1.19 bits per heavy atom. The Kier molecular flexibility index (Phi) is 3.49.